The third-order valence-electron chi connectivity index (χ3n) is 5.31. The van der Waals surface area contributed by atoms with Gasteiger partial charge in [0.1, 0.15) is 21.5 Å². The lowest BCUT2D eigenvalue weighted by Gasteiger charge is -2.22. The van der Waals surface area contributed by atoms with Crippen molar-refractivity contribution < 1.29 is 4.79 Å². The van der Waals surface area contributed by atoms with Gasteiger partial charge in [0, 0.05) is 31.1 Å². The number of pyridine rings is 1. The van der Waals surface area contributed by atoms with Gasteiger partial charge in [0.15, 0.2) is 0 Å². The highest BCUT2D eigenvalue weighted by Crippen LogP contribution is 2.39. The number of halogens is 1. The number of fused-ring (bicyclic) bond motifs is 3. The number of aromatic nitrogens is 4. The van der Waals surface area contributed by atoms with Crippen molar-refractivity contribution in [3.63, 3.8) is 0 Å². The van der Waals surface area contributed by atoms with Gasteiger partial charge in [-0.1, -0.05) is 0 Å². The van der Waals surface area contributed by atoms with Crippen molar-refractivity contribution in [2.75, 3.05) is 0 Å². The van der Waals surface area contributed by atoms with E-state index in [1.165, 1.54) is 0 Å². The van der Waals surface area contributed by atoms with Crippen molar-refractivity contribution in [3.05, 3.63) is 22.7 Å². The third kappa shape index (κ3) is 2.25. The van der Waals surface area contributed by atoms with Gasteiger partial charge in [0.25, 0.3) is 5.91 Å². The van der Waals surface area contributed by atoms with Crippen LogP contribution in [-0.4, -0.2) is 42.0 Å². The zero-order valence-electron chi connectivity index (χ0n) is 14.4. The van der Waals surface area contributed by atoms with Gasteiger partial charge in [0.2, 0.25) is 0 Å². The van der Waals surface area contributed by atoms with Crippen molar-refractivity contribution in [1.29, 1.82) is 0 Å². The first-order chi connectivity index (χ1) is 12.1. The molecule has 0 bridgehead atoms. The number of amides is 1. The minimum absolute atomic E-state index is 0.163. The zero-order chi connectivity index (χ0) is 17.3. The molecule has 1 amide bonds. The molecule has 3 aromatic heterocycles. The molecule has 7 heteroatoms. The maximum atomic E-state index is 13.3. The molecule has 2 aliphatic carbocycles. The smallest absolute Gasteiger partial charge is 0.271 e. The number of nitrogens with zero attached hydrogens (tertiary/aromatic N) is 5. The lowest BCUT2D eigenvalue weighted by Crippen LogP contribution is -2.36. The maximum Gasteiger partial charge on any atom is 0.271 e. The molecule has 0 atom stereocenters. The van der Waals surface area contributed by atoms with Crippen molar-refractivity contribution >= 4 is 43.9 Å². The predicted octanol–water partition coefficient (Wildman–Crippen LogP) is 3.47. The Bertz CT molecular complexity index is 1000. The first-order valence-electron chi connectivity index (χ1n) is 8.92. The van der Waals surface area contributed by atoms with Crippen molar-refractivity contribution in [2.24, 2.45) is 7.05 Å². The number of imidazole rings is 1. The van der Waals surface area contributed by atoms with Crippen LogP contribution in [0.1, 0.15) is 43.1 Å². The van der Waals surface area contributed by atoms with E-state index in [9.17, 15) is 4.79 Å². The van der Waals surface area contributed by atoms with Crippen LogP contribution in [0, 0.1) is 0 Å². The zero-order valence-corrected chi connectivity index (χ0v) is 16.0. The predicted molar refractivity (Wildman–Crippen MR) is 99.6 cm³/mol. The van der Waals surface area contributed by atoms with Crippen LogP contribution in [-0.2, 0) is 13.6 Å². The molecule has 0 radical (unpaired) electrons. The number of carbonyl (C=O) groups is 1. The summed E-state index contributed by atoms with van der Waals surface area (Å²) < 4.78 is 4.77. The summed E-state index contributed by atoms with van der Waals surface area (Å²) in [4.78, 5) is 24.6. The number of carbonyl (C=O) groups excluding carboxylic acids is 1. The van der Waals surface area contributed by atoms with E-state index in [2.05, 4.69) is 32.7 Å². The molecule has 2 saturated carbocycles. The van der Waals surface area contributed by atoms with Crippen LogP contribution in [0.25, 0.3) is 22.1 Å². The Kier molecular flexibility index (Phi) is 3.26. The molecule has 0 unspecified atom stereocenters. The summed E-state index contributed by atoms with van der Waals surface area (Å²) in [5, 5.41) is 0.995. The van der Waals surface area contributed by atoms with Crippen molar-refractivity contribution in [2.45, 2.75) is 51.2 Å². The molecule has 0 aliphatic heterocycles. The van der Waals surface area contributed by atoms with Gasteiger partial charge in [-0.2, -0.15) is 0 Å². The van der Waals surface area contributed by atoms with E-state index in [1.807, 2.05) is 22.2 Å². The van der Waals surface area contributed by atoms with E-state index in [0.29, 0.717) is 12.1 Å². The summed E-state index contributed by atoms with van der Waals surface area (Å²) in [7, 11) is 1.98. The second-order valence-corrected chi connectivity index (χ2v) is 7.89. The second-order valence-electron chi connectivity index (χ2n) is 7.14. The first kappa shape index (κ1) is 15.4. The van der Waals surface area contributed by atoms with E-state index >= 15 is 0 Å². The van der Waals surface area contributed by atoms with Crippen LogP contribution >= 0.6 is 15.9 Å². The van der Waals surface area contributed by atoms with E-state index in [4.69, 9.17) is 4.98 Å². The molecule has 0 N–H and O–H groups in total. The summed E-state index contributed by atoms with van der Waals surface area (Å²) >= 11 is 3.54. The first-order valence-corrected chi connectivity index (χ1v) is 9.72. The van der Waals surface area contributed by atoms with Gasteiger partial charge in [-0.3, -0.25) is 4.79 Å². The quantitative estimate of drug-likeness (QED) is 0.628. The Morgan fingerprint density at radius 1 is 1.32 bits per heavy atom. The summed E-state index contributed by atoms with van der Waals surface area (Å²) in [6.45, 7) is 2.79. The number of hydrogen-bond acceptors (Lipinski definition) is 3. The van der Waals surface area contributed by atoms with Gasteiger partial charge in [-0.25, -0.2) is 9.97 Å². The summed E-state index contributed by atoms with van der Waals surface area (Å²) in [6.07, 6.45) is 6.37. The molecule has 2 aliphatic rings. The van der Waals surface area contributed by atoms with E-state index in [1.54, 1.807) is 6.33 Å². The average molecular weight is 402 g/mol. The molecule has 3 aromatic rings. The van der Waals surface area contributed by atoms with Gasteiger partial charge in [0.05, 0.1) is 11.8 Å². The lowest BCUT2D eigenvalue weighted by molar-refractivity contribution is 0.0719. The van der Waals surface area contributed by atoms with Crippen LogP contribution in [0.15, 0.2) is 17.0 Å². The van der Waals surface area contributed by atoms with Crippen LogP contribution in [0.4, 0.5) is 0 Å². The van der Waals surface area contributed by atoms with Gasteiger partial charge in [-0.15, -0.1) is 0 Å². The van der Waals surface area contributed by atoms with Gasteiger partial charge in [-0.05, 0) is 54.6 Å². The highest BCUT2D eigenvalue weighted by atomic mass is 79.9. The molecule has 130 valence electrons. The van der Waals surface area contributed by atoms with Gasteiger partial charge >= 0.3 is 0 Å². The van der Waals surface area contributed by atoms with Crippen molar-refractivity contribution in [3.8, 4) is 0 Å². The Hall–Kier alpha value is -1.89. The Labute approximate surface area is 153 Å². The molecular formula is C18H20BrN5O. The summed E-state index contributed by atoms with van der Waals surface area (Å²) in [5.74, 6) is 0.163. The van der Waals surface area contributed by atoms with E-state index in [-0.39, 0.29) is 5.91 Å². The fourth-order valence-electron chi connectivity index (χ4n) is 3.84. The maximum absolute atomic E-state index is 13.3. The monoisotopic (exact) mass is 401 g/mol. The number of hydrogen-bond donors (Lipinski definition) is 0. The van der Waals surface area contributed by atoms with Crippen LogP contribution in [0.2, 0.25) is 0 Å². The molecule has 0 saturated heterocycles. The average Bonchev–Trinajstić information content (AvgIpc) is 3.51. The highest BCUT2D eigenvalue weighted by molar-refractivity contribution is 9.10. The fourth-order valence-corrected chi connectivity index (χ4v) is 4.30. The SMILES string of the molecule is CCn1c(C(=O)N(C2CC2)C2CC2)cc2c3c(ncn3C)c(Br)nc21. The molecular weight excluding hydrogens is 382 g/mol. The second kappa shape index (κ2) is 5.30. The molecule has 0 aromatic carbocycles. The largest absolute Gasteiger partial charge is 0.333 e. The molecule has 2 fully saturated rings. The summed E-state index contributed by atoms with van der Waals surface area (Å²) in [6, 6.07) is 2.90. The topological polar surface area (TPSA) is 56.0 Å². The molecule has 6 nitrogen and oxygen atoms in total. The molecule has 5 rings (SSSR count). The minimum Gasteiger partial charge on any atom is -0.333 e. The Morgan fingerprint density at radius 2 is 2.00 bits per heavy atom. The Balaban J connectivity index is 1.74. The molecule has 25 heavy (non-hydrogen) atoms. The van der Waals surface area contributed by atoms with E-state index < -0.39 is 0 Å². The lowest BCUT2D eigenvalue weighted by atomic mass is 10.2. The standard InChI is InChI=1S/C18H20BrN5O/c1-3-23-13(18(25)24(10-4-5-10)11-6-7-11)8-12-15-14(20-9-22(15)2)16(19)21-17(12)23/h8-11H,3-7H2,1-2H3. The van der Waals surface area contributed by atoms with E-state index in [0.717, 1.165) is 64.6 Å². The number of aryl methyl sites for hydroxylation is 2. The fraction of sp³-hybridized carbons (Fsp3) is 0.500. The Morgan fingerprint density at radius 3 is 2.60 bits per heavy atom. The van der Waals surface area contributed by atoms with Crippen LogP contribution in [0.5, 0.6) is 0 Å². The summed E-state index contributed by atoms with van der Waals surface area (Å²) in [5.41, 5.74) is 3.45. The highest BCUT2D eigenvalue weighted by Gasteiger charge is 2.43. The molecule has 3 heterocycles. The third-order valence-corrected chi connectivity index (χ3v) is 5.86. The van der Waals surface area contributed by atoms with Gasteiger partial charge < -0.3 is 14.0 Å². The minimum atomic E-state index is 0.163. The normalized spacial score (nSPS) is 17.6. The van der Waals surface area contributed by atoms with Crippen LogP contribution in [0.3, 0.4) is 0 Å². The molecule has 0 spiro atoms. The number of rotatable bonds is 4. The van der Waals surface area contributed by atoms with Crippen molar-refractivity contribution in [1.82, 2.24) is 24.0 Å². The van der Waals surface area contributed by atoms with Crippen LogP contribution < -0.4 is 0 Å².